The number of hydrogen-bond acceptors (Lipinski definition) is 6. The van der Waals surface area contributed by atoms with E-state index in [2.05, 4.69) is 4.98 Å². The molecule has 4 rings (SSSR count). The van der Waals surface area contributed by atoms with Crippen molar-refractivity contribution in [3.63, 3.8) is 0 Å². The molecule has 2 saturated heterocycles. The van der Waals surface area contributed by atoms with E-state index in [4.69, 9.17) is 9.47 Å². The van der Waals surface area contributed by atoms with Gasteiger partial charge in [-0.25, -0.2) is 4.98 Å². The van der Waals surface area contributed by atoms with Gasteiger partial charge in [-0.1, -0.05) is 18.2 Å². The van der Waals surface area contributed by atoms with E-state index in [9.17, 15) is 9.59 Å². The fourth-order valence-electron chi connectivity index (χ4n) is 4.61. The van der Waals surface area contributed by atoms with Crippen LogP contribution in [0.1, 0.15) is 43.0 Å². The monoisotopic (exact) mass is 483 g/mol. The average Bonchev–Trinajstić information content (AvgIpc) is 3.25. The van der Waals surface area contributed by atoms with Gasteiger partial charge < -0.3 is 19.3 Å². The van der Waals surface area contributed by atoms with Crippen molar-refractivity contribution in [2.75, 3.05) is 26.2 Å². The predicted molar refractivity (Wildman–Crippen MR) is 133 cm³/mol. The van der Waals surface area contributed by atoms with Gasteiger partial charge in [-0.2, -0.15) is 0 Å². The number of carbonyl (C=O) groups is 2. The molecular weight excluding hydrogens is 450 g/mol. The van der Waals surface area contributed by atoms with Crippen LogP contribution in [0, 0.1) is 12.8 Å². The third-order valence-electron chi connectivity index (χ3n) is 6.25. The van der Waals surface area contributed by atoms with Gasteiger partial charge >= 0.3 is 0 Å². The van der Waals surface area contributed by atoms with Crippen LogP contribution in [0.25, 0.3) is 6.08 Å². The number of nitrogens with zero attached hydrogens (tertiary/aromatic N) is 3. The first-order valence-corrected chi connectivity index (χ1v) is 12.8. The second-order valence-corrected chi connectivity index (χ2v) is 10.2. The number of likely N-dealkylation sites (tertiary alicyclic amines) is 1. The first-order chi connectivity index (χ1) is 16.4. The molecule has 2 aliphatic heterocycles. The highest BCUT2D eigenvalue weighted by molar-refractivity contribution is 7.09. The van der Waals surface area contributed by atoms with Crippen LogP contribution in [-0.4, -0.2) is 65.0 Å². The predicted octanol–water partition coefficient (Wildman–Crippen LogP) is 3.92. The van der Waals surface area contributed by atoms with E-state index >= 15 is 0 Å². The summed E-state index contributed by atoms with van der Waals surface area (Å²) < 4.78 is 11.7. The molecule has 8 heteroatoms. The number of thiazole rings is 1. The molecule has 0 aliphatic carbocycles. The molecule has 0 N–H and O–H groups in total. The lowest BCUT2D eigenvalue weighted by Crippen LogP contribution is -2.51. The Balaban J connectivity index is 1.29. The maximum absolute atomic E-state index is 13.0. The lowest BCUT2D eigenvalue weighted by molar-refractivity contribution is -0.149. The van der Waals surface area contributed by atoms with Crippen molar-refractivity contribution in [3.05, 3.63) is 52.0 Å². The molecule has 7 nitrogen and oxygen atoms in total. The fraction of sp³-hybridized carbons (Fsp3) is 0.500. The lowest BCUT2D eigenvalue weighted by Gasteiger charge is -2.39. The first kappa shape index (κ1) is 24.4. The molecule has 2 aliphatic rings. The second-order valence-electron chi connectivity index (χ2n) is 9.12. The van der Waals surface area contributed by atoms with E-state index in [1.54, 1.807) is 23.5 Å². The zero-order chi connectivity index (χ0) is 24.1. The average molecular weight is 484 g/mol. The Hall–Kier alpha value is -2.71. The Morgan fingerprint density at radius 2 is 1.85 bits per heavy atom. The summed E-state index contributed by atoms with van der Waals surface area (Å²) >= 11 is 1.60. The number of ether oxygens (including phenoxy) is 2. The standard InChI is InChI=1S/C26H33N3O4S/c1-18-14-29(15-19(2)33-18)26(31)22-10-12-28(13-11-22)25(30)9-8-21-6-4-5-7-24(21)32-16-23-17-34-20(3)27-23/h4-9,17-19,22H,10-16H2,1-3H3. The molecule has 0 saturated carbocycles. The van der Waals surface area contributed by atoms with Crippen LogP contribution in [0.15, 0.2) is 35.7 Å². The number of rotatable bonds is 6. The molecule has 0 radical (unpaired) electrons. The summed E-state index contributed by atoms with van der Waals surface area (Å²) in [7, 11) is 0. The van der Waals surface area contributed by atoms with Gasteiger partial charge in [-0.3, -0.25) is 9.59 Å². The van der Waals surface area contributed by atoms with Gasteiger partial charge in [0.2, 0.25) is 11.8 Å². The normalized spacial score (nSPS) is 21.7. The maximum Gasteiger partial charge on any atom is 0.246 e. The number of morpholine rings is 1. The summed E-state index contributed by atoms with van der Waals surface area (Å²) in [5, 5.41) is 3.00. The molecule has 2 fully saturated rings. The highest BCUT2D eigenvalue weighted by Gasteiger charge is 2.33. The van der Waals surface area contributed by atoms with Crippen molar-refractivity contribution >= 4 is 29.2 Å². The number of piperidine rings is 1. The van der Waals surface area contributed by atoms with Crippen LogP contribution in [0.4, 0.5) is 0 Å². The number of aryl methyl sites for hydroxylation is 1. The van der Waals surface area contributed by atoms with Crippen molar-refractivity contribution in [2.45, 2.75) is 52.4 Å². The smallest absolute Gasteiger partial charge is 0.246 e. The number of benzene rings is 1. The molecule has 2 aromatic rings. The van der Waals surface area contributed by atoms with Crippen molar-refractivity contribution in [2.24, 2.45) is 5.92 Å². The van der Waals surface area contributed by atoms with E-state index in [1.165, 1.54) is 0 Å². The van der Waals surface area contributed by atoms with Gasteiger partial charge in [0.15, 0.2) is 0 Å². The number of hydrogen-bond donors (Lipinski definition) is 0. The molecule has 0 spiro atoms. The minimum Gasteiger partial charge on any atom is -0.487 e. The number of carbonyl (C=O) groups excluding carboxylic acids is 2. The van der Waals surface area contributed by atoms with Crippen LogP contribution < -0.4 is 4.74 Å². The van der Waals surface area contributed by atoms with Crippen molar-refractivity contribution in [1.82, 2.24) is 14.8 Å². The molecule has 0 bridgehead atoms. The SMILES string of the molecule is Cc1nc(COc2ccccc2C=CC(=O)N2CCC(C(=O)N3CC(C)OC(C)C3)CC2)cs1. The molecule has 3 heterocycles. The van der Waals surface area contributed by atoms with Crippen LogP contribution in [0.2, 0.25) is 0 Å². The van der Waals surface area contributed by atoms with Gasteiger partial charge in [0.1, 0.15) is 12.4 Å². The molecule has 1 aromatic heterocycles. The van der Waals surface area contributed by atoms with Crippen molar-refractivity contribution in [1.29, 1.82) is 0 Å². The summed E-state index contributed by atoms with van der Waals surface area (Å²) in [6, 6.07) is 7.67. The van der Waals surface area contributed by atoms with Gasteiger partial charge in [0, 0.05) is 49.1 Å². The topological polar surface area (TPSA) is 72.0 Å². The van der Waals surface area contributed by atoms with Crippen LogP contribution in [0.3, 0.4) is 0 Å². The quantitative estimate of drug-likeness (QED) is 0.583. The van der Waals surface area contributed by atoms with Gasteiger partial charge in [0.05, 0.1) is 22.9 Å². The Bertz CT molecular complexity index is 1020. The fourth-order valence-corrected chi connectivity index (χ4v) is 5.20. The molecule has 34 heavy (non-hydrogen) atoms. The van der Waals surface area contributed by atoms with E-state index in [0.29, 0.717) is 45.6 Å². The summed E-state index contributed by atoms with van der Waals surface area (Å²) in [6.45, 7) is 8.86. The Kier molecular flexibility index (Phi) is 8.00. The lowest BCUT2D eigenvalue weighted by atomic mass is 9.94. The second kappa shape index (κ2) is 11.1. The van der Waals surface area contributed by atoms with Crippen LogP contribution in [-0.2, 0) is 20.9 Å². The van der Waals surface area contributed by atoms with Crippen LogP contribution in [0.5, 0.6) is 5.75 Å². The Labute approximate surface area is 205 Å². The van der Waals surface area contributed by atoms with Crippen LogP contribution >= 0.6 is 11.3 Å². The maximum atomic E-state index is 13.0. The zero-order valence-corrected chi connectivity index (χ0v) is 20.9. The molecule has 2 atom stereocenters. The molecular formula is C26H33N3O4S. The summed E-state index contributed by atoms with van der Waals surface area (Å²) in [6.07, 6.45) is 4.94. The van der Waals surface area contributed by atoms with Crippen molar-refractivity contribution in [3.8, 4) is 5.75 Å². The van der Waals surface area contributed by atoms with Gasteiger partial charge in [-0.05, 0) is 45.8 Å². The number of para-hydroxylation sites is 1. The first-order valence-electron chi connectivity index (χ1n) is 11.9. The third kappa shape index (κ3) is 6.24. The molecule has 182 valence electrons. The largest absolute Gasteiger partial charge is 0.487 e. The minimum absolute atomic E-state index is 0.0194. The zero-order valence-electron chi connectivity index (χ0n) is 20.1. The highest BCUT2D eigenvalue weighted by atomic mass is 32.1. The Morgan fingerprint density at radius 3 is 2.53 bits per heavy atom. The van der Waals surface area contributed by atoms with E-state index in [-0.39, 0.29) is 29.9 Å². The van der Waals surface area contributed by atoms with Gasteiger partial charge in [-0.15, -0.1) is 11.3 Å². The Morgan fingerprint density at radius 1 is 1.15 bits per heavy atom. The third-order valence-corrected chi connectivity index (χ3v) is 7.08. The molecule has 2 unspecified atom stereocenters. The van der Waals surface area contributed by atoms with Crippen molar-refractivity contribution < 1.29 is 19.1 Å². The molecule has 2 amide bonds. The van der Waals surface area contributed by atoms with Gasteiger partial charge in [0.25, 0.3) is 0 Å². The van der Waals surface area contributed by atoms with E-state index < -0.39 is 0 Å². The van der Waals surface area contributed by atoms with E-state index in [0.717, 1.165) is 22.0 Å². The van der Waals surface area contributed by atoms with E-state index in [1.807, 2.05) is 60.2 Å². The molecule has 1 aromatic carbocycles. The summed E-state index contributed by atoms with van der Waals surface area (Å²) in [5.74, 6) is 0.861. The summed E-state index contributed by atoms with van der Waals surface area (Å²) in [4.78, 5) is 34.0. The highest BCUT2D eigenvalue weighted by Crippen LogP contribution is 2.24. The number of amides is 2. The minimum atomic E-state index is -0.0376. The summed E-state index contributed by atoms with van der Waals surface area (Å²) in [5.41, 5.74) is 1.75. The number of aromatic nitrogens is 1.